The monoisotopic (exact) mass is 367 g/mol. The number of nitrogens with zero attached hydrogens (tertiary/aromatic N) is 2. The van der Waals surface area contributed by atoms with E-state index in [0.717, 1.165) is 5.56 Å². The number of Topliss-reactive ketones (excluding diaryl/α,β-unsaturated/α-hetero) is 1. The molecule has 3 aromatic rings. The lowest BCUT2D eigenvalue weighted by molar-refractivity contribution is 0.0989. The minimum atomic E-state index is -0.370. The van der Waals surface area contributed by atoms with Gasteiger partial charge < -0.3 is 10.2 Å². The van der Waals surface area contributed by atoms with Crippen molar-refractivity contribution >= 4 is 34.9 Å². The molecule has 0 unspecified atom stereocenters. The minimum absolute atomic E-state index is 0.152. The first-order valence-electron chi connectivity index (χ1n) is 8.62. The highest BCUT2D eigenvalue weighted by Crippen LogP contribution is 2.34. The van der Waals surface area contributed by atoms with E-state index < -0.39 is 0 Å². The van der Waals surface area contributed by atoms with Crippen molar-refractivity contribution in [1.82, 2.24) is 0 Å². The molecule has 0 bridgehead atoms. The highest BCUT2D eigenvalue weighted by atomic mass is 16.3. The third-order valence-electron chi connectivity index (χ3n) is 4.70. The number of carbonyl (C=O) groups is 2. The van der Waals surface area contributed by atoms with Gasteiger partial charge in [-0.3, -0.25) is 14.6 Å². The zero-order chi connectivity index (χ0) is 19.3. The number of allylic oxidation sites excluding steroid dienone is 1. The van der Waals surface area contributed by atoms with Crippen molar-refractivity contribution in [2.45, 2.75) is 0 Å². The third-order valence-corrected chi connectivity index (χ3v) is 4.70. The van der Waals surface area contributed by atoms with Gasteiger partial charge in [0.1, 0.15) is 5.76 Å². The van der Waals surface area contributed by atoms with Gasteiger partial charge in [-0.05, 0) is 42.5 Å². The first-order valence-corrected chi connectivity index (χ1v) is 8.62. The van der Waals surface area contributed by atoms with Crippen molar-refractivity contribution in [3.05, 3.63) is 83.3 Å². The average Bonchev–Trinajstić information content (AvgIpc) is 3.37. The molecule has 3 heterocycles. The highest BCUT2D eigenvalue weighted by molar-refractivity contribution is 6.51. The zero-order valence-electron chi connectivity index (χ0n) is 14.5. The number of anilines is 1. The fourth-order valence-corrected chi connectivity index (χ4v) is 3.30. The molecule has 6 nitrogen and oxygen atoms in total. The van der Waals surface area contributed by atoms with E-state index in [1.165, 1.54) is 12.4 Å². The second-order valence-corrected chi connectivity index (χ2v) is 6.46. The number of nitrogens with two attached hydrogens (primary N) is 1. The molecule has 2 aromatic carbocycles. The Balaban J connectivity index is 1.56. The van der Waals surface area contributed by atoms with Crippen molar-refractivity contribution in [2.75, 3.05) is 5.73 Å². The standard InChI is InChI=1S/C22H13N3O3/c23-13-6-4-12(5-7-13)18-8-9-19(28-18)21(26)14-2-1-3-16-20(14)22(27)15-10-24-11-17(15)25-16/h1-11H,23H2. The minimum Gasteiger partial charge on any atom is -0.453 e. The van der Waals surface area contributed by atoms with Crippen LogP contribution in [0.25, 0.3) is 11.3 Å². The molecule has 0 aliphatic carbocycles. The van der Waals surface area contributed by atoms with Crippen LogP contribution < -0.4 is 5.73 Å². The smallest absolute Gasteiger partial charge is 0.229 e. The number of hydrogen-bond donors (Lipinski definition) is 1. The number of furan rings is 1. The van der Waals surface area contributed by atoms with Gasteiger partial charge in [-0.15, -0.1) is 0 Å². The molecule has 0 atom stereocenters. The van der Waals surface area contributed by atoms with Crippen molar-refractivity contribution in [1.29, 1.82) is 0 Å². The van der Waals surface area contributed by atoms with Crippen LogP contribution in [-0.2, 0) is 0 Å². The number of aliphatic imine (C=N–C) groups is 2. The SMILES string of the molecule is Nc1ccc(-c2ccc(C(=O)c3cccc4c3C(=O)C3=CN=CC3=N4)o2)cc1. The van der Waals surface area contributed by atoms with Gasteiger partial charge in [-0.25, -0.2) is 4.99 Å². The molecule has 28 heavy (non-hydrogen) atoms. The van der Waals surface area contributed by atoms with E-state index in [0.29, 0.717) is 28.4 Å². The van der Waals surface area contributed by atoms with Gasteiger partial charge in [0.2, 0.25) is 5.78 Å². The summed E-state index contributed by atoms with van der Waals surface area (Å²) >= 11 is 0. The molecule has 5 rings (SSSR count). The van der Waals surface area contributed by atoms with Crippen molar-refractivity contribution in [3.63, 3.8) is 0 Å². The molecule has 0 saturated heterocycles. The number of rotatable bonds is 3. The summed E-state index contributed by atoms with van der Waals surface area (Å²) in [6, 6.07) is 15.5. The topological polar surface area (TPSA) is 98.0 Å². The largest absolute Gasteiger partial charge is 0.453 e. The summed E-state index contributed by atoms with van der Waals surface area (Å²) in [7, 11) is 0. The van der Waals surface area contributed by atoms with Crippen LogP contribution in [-0.4, -0.2) is 23.5 Å². The van der Waals surface area contributed by atoms with Gasteiger partial charge in [0.25, 0.3) is 0 Å². The number of ketones is 2. The Hall–Kier alpha value is -4.06. The van der Waals surface area contributed by atoms with Crippen LogP contribution in [0.5, 0.6) is 0 Å². The molecule has 0 fully saturated rings. The second-order valence-electron chi connectivity index (χ2n) is 6.46. The third kappa shape index (κ3) is 2.43. The van der Waals surface area contributed by atoms with Crippen molar-refractivity contribution in [2.24, 2.45) is 9.98 Å². The first-order chi connectivity index (χ1) is 13.6. The van der Waals surface area contributed by atoms with Crippen LogP contribution in [0, 0.1) is 0 Å². The summed E-state index contributed by atoms with van der Waals surface area (Å²) in [4.78, 5) is 34.4. The zero-order valence-corrected chi connectivity index (χ0v) is 14.5. The fourth-order valence-electron chi connectivity index (χ4n) is 3.30. The maximum Gasteiger partial charge on any atom is 0.229 e. The van der Waals surface area contributed by atoms with Gasteiger partial charge in [-0.1, -0.05) is 12.1 Å². The van der Waals surface area contributed by atoms with E-state index in [1.807, 2.05) is 12.1 Å². The Bertz CT molecular complexity index is 1240. The normalized spacial score (nSPS) is 14.4. The summed E-state index contributed by atoms with van der Waals surface area (Å²) in [5, 5.41) is 0. The number of fused-ring (bicyclic) bond motifs is 2. The van der Waals surface area contributed by atoms with Gasteiger partial charge in [0.05, 0.1) is 28.8 Å². The lowest BCUT2D eigenvalue weighted by Crippen LogP contribution is -2.19. The molecule has 2 aliphatic rings. The van der Waals surface area contributed by atoms with E-state index in [1.54, 1.807) is 42.5 Å². The van der Waals surface area contributed by atoms with Gasteiger partial charge in [0.15, 0.2) is 11.5 Å². The first kappa shape index (κ1) is 16.1. The Morgan fingerprint density at radius 2 is 1.82 bits per heavy atom. The molecule has 2 aliphatic heterocycles. The summed E-state index contributed by atoms with van der Waals surface area (Å²) < 4.78 is 5.76. The quantitative estimate of drug-likeness (QED) is 0.559. The Morgan fingerprint density at radius 1 is 1.00 bits per heavy atom. The van der Waals surface area contributed by atoms with Gasteiger partial charge in [-0.2, -0.15) is 0 Å². The number of carbonyl (C=O) groups excluding carboxylic acids is 2. The van der Waals surface area contributed by atoms with Gasteiger partial charge in [0, 0.05) is 23.0 Å². The van der Waals surface area contributed by atoms with Crippen LogP contribution in [0.1, 0.15) is 26.5 Å². The number of nitrogen functional groups attached to an aromatic ring is 1. The Kier molecular flexibility index (Phi) is 3.45. The molecule has 0 spiro atoms. The van der Waals surface area contributed by atoms with E-state index in [4.69, 9.17) is 10.2 Å². The number of benzene rings is 2. The Morgan fingerprint density at radius 3 is 2.64 bits per heavy atom. The van der Waals surface area contributed by atoms with E-state index in [-0.39, 0.29) is 28.5 Å². The summed E-state index contributed by atoms with van der Waals surface area (Å²) in [5.74, 6) is 0.0722. The highest BCUT2D eigenvalue weighted by Gasteiger charge is 2.31. The van der Waals surface area contributed by atoms with Crippen LogP contribution in [0.3, 0.4) is 0 Å². The summed E-state index contributed by atoms with van der Waals surface area (Å²) in [6.45, 7) is 0. The van der Waals surface area contributed by atoms with Crippen LogP contribution in [0.2, 0.25) is 0 Å². The van der Waals surface area contributed by atoms with E-state index >= 15 is 0 Å². The predicted octanol–water partition coefficient (Wildman–Crippen LogP) is 4.00. The lowest BCUT2D eigenvalue weighted by Gasteiger charge is -2.15. The maximum absolute atomic E-state index is 13.1. The maximum atomic E-state index is 13.1. The van der Waals surface area contributed by atoms with Crippen LogP contribution in [0.4, 0.5) is 11.4 Å². The van der Waals surface area contributed by atoms with E-state index in [9.17, 15) is 9.59 Å². The van der Waals surface area contributed by atoms with E-state index in [2.05, 4.69) is 9.98 Å². The molecule has 0 saturated carbocycles. The summed E-state index contributed by atoms with van der Waals surface area (Å²) in [6.07, 6.45) is 3.01. The Labute approximate surface area is 159 Å². The molecule has 2 N–H and O–H groups in total. The number of hydrogen-bond acceptors (Lipinski definition) is 6. The van der Waals surface area contributed by atoms with Crippen molar-refractivity contribution in [3.8, 4) is 11.3 Å². The van der Waals surface area contributed by atoms with Gasteiger partial charge >= 0.3 is 0 Å². The summed E-state index contributed by atoms with van der Waals surface area (Å²) in [5.41, 5.74) is 9.07. The van der Waals surface area contributed by atoms with Crippen molar-refractivity contribution < 1.29 is 14.0 Å². The molecule has 0 amide bonds. The molecule has 1 aromatic heterocycles. The average molecular weight is 367 g/mol. The second kappa shape index (κ2) is 5.99. The predicted molar refractivity (Wildman–Crippen MR) is 106 cm³/mol. The fraction of sp³-hybridized carbons (Fsp3) is 0. The molecular weight excluding hydrogens is 354 g/mol. The molecule has 6 heteroatoms. The lowest BCUT2D eigenvalue weighted by atomic mass is 9.90. The molecule has 0 radical (unpaired) electrons. The molecular formula is C22H13N3O3. The van der Waals surface area contributed by atoms with Crippen LogP contribution >= 0.6 is 0 Å². The van der Waals surface area contributed by atoms with Crippen LogP contribution in [0.15, 0.2) is 80.8 Å². The molecule has 134 valence electrons.